The van der Waals surface area contributed by atoms with Gasteiger partial charge in [0.15, 0.2) is 23.7 Å². The van der Waals surface area contributed by atoms with E-state index >= 15 is 0 Å². The van der Waals surface area contributed by atoms with Crippen LogP contribution in [0.1, 0.15) is 37.8 Å². The molecule has 178 valence electrons. The standard InChI is InChI=1S/C24H30N2O7/c1-12(25)21(27)31-13(2)22(28)32-16-7-8-24(29)17-11-14-5-6-15(30-4)19-18(14)23(24,20(16)33-19)9-10-26(17)3/h5-7,12-13,17,20,29H,8-11,25H2,1-4H3/t12-,13-,17-,20+,23+,24-/m0/s1. The third-order valence-corrected chi connectivity index (χ3v) is 7.77. The number of carbonyl (C=O) groups is 2. The van der Waals surface area contributed by atoms with Crippen molar-refractivity contribution in [2.75, 3.05) is 20.7 Å². The second-order valence-corrected chi connectivity index (χ2v) is 9.57. The van der Waals surface area contributed by atoms with Gasteiger partial charge in [-0.3, -0.25) is 4.79 Å². The van der Waals surface area contributed by atoms with E-state index in [-0.39, 0.29) is 6.04 Å². The second kappa shape index (κ2) is 7.44. The number of nitrogens with zero attached hydrogens (tertiary/aromatic N) is 1. The maximum absolute atomic E-state index is 12.8. The fraction of sp³-hybridized carbons (Fsp3) is 0.583. The predicted octanol–water partition coefficient (Wildman–Crippen LogP) is 0.795. The molecule has 1 aromatic rings. The highest BCUT2D eigenvalue weighted by Crippen LogP contribution is 2.65. The zero-order valence-corrected chi connectivity index (χ0v) is 19.3. The molecule has 33 heavy (non-hydrogen) atoms. The second-order valence-electron chi connectivity index (χ2n) is 9.57. The average Bonchev–Trinajstić information content (AvgIpc) is 3.13. The van der Waals surface area contributed by atoms with Crippen molar-refractivity contribution < 1.29 is 33.6 Å². The van der Waals surface area contributed by atoms with Gasteiger partial charge in [0, 0.05) is 18.0 Å². The van der Waals surface area contributed by atoms with Crippen LogP contribution in [-0.4, -0.2) is 72.5 Å². The Kier molecular flexibility index (Phi) is 5.00. The monoisotopic (exact) mass is 458 g/mol. The average molecular weight is 459 g/mol. The number of piperidine rings is 1. The molecule has 5 rings (SSSR count). The number of rotatable bonds is 5. The summed E-state index contributed by atoms with van der Waals surface area (Å²) in [5.74, 6) is 0.102. The predicted molar refractivity (Wildman–Crippen MR) is 117 cm³/mol. The van der Waals surface area contributed by atoms with Gasteiger partial charge >= 0.3 is 11.9 Å². The maximum Gasteiger partial charge on any atom is 0.352 e. The molecular formula is C24H30N2O7. The largest absolute Gasteiger partial charge is 0.493 e. The van der Waals surface area contributed by atoms with Gasteiger partial charge in [-0.05, 0) is 58.0 Å². The summed E-state index contributed by atoms with van der Waals surface area (Å²) in [5.41, 5.74) is 5.75. The lowest BCUT2D eigenvalue weighted by Crippen LogP contribution is -2.74. The van der Waals surface area contributed by atoms with E-state index in [0.717, 1.165) is 17.7 Å². The number of aliphatic hydroxyl groups is 1. The van der Waals surface area contributed by atoms with Crippen LogP contribution in [-0.2, 0) is 30.9 Å². The van der Waals surface area contributed by atoms with Crippen molar-refractivity contribution in [3.8, 4) is 11.5 Å². The number of methoxy groups -OCH3 is 1. The molecule has 6 atom stereocenters. The van der Waals surface area contributed by atoms with Crippen molar-refractivity contribution in [3.63, 3.8) is 0 Å². The fourth-order valence-corrected chi connectivity index (χ4v) is 6.12. The van der Waals surface area contributed by atoms with Gasteiger partial charge in [-0.25, -0.2) is 4.79 Å². The number of hydrogen-bond donors (Lipinski definition) is 2. The molecule has 0 unspecified atom stereocenters. The van der Waals surface area contributed by atoms with E-state index in [9.17, 15) is 14.7 Å². The first-order valence-corrected chi connectivity index (χ1v) is 11.3. The highest BCUT2D eigenvalue weighted by atomic mass is 16.6. The van der Waals surface area contributed by atoms with Gasteiger partial charge in [0.2, 0.25) is 0 Å². The summed E-state index contributed by atoms with van der Waals surface area (Å²) >= 11 is 0. The number of likely N-dealkylation sites (tertiary alicyclic amines) is 1. The van der Waals surface area contributed by atoms with E-state index in [1.807, 2.05) is 19.2 Å². The zero-order chi connectivity index (χ0) is 23.7. The number of ether oxygens (including phenoxy) is 4. The number of likely N-dealkylation sites (N-methyl/N-ethyl adjacent to an activating group) is 1. The molecular weight excluding hydrogens is 428 g/mol. The quantitative estimate of drug-likeness (QED) is 0.617. The van der Waals surface area contributed by atoms with Crippen molar-refractivity contribution in [1.82, 2.24) is 4.90 Å². The Hall–Kier alpha value is -2.62. The van der Waals surface area contributed by atoms with Gasteiger partial charge in [0.05, 0.1) is 18.1 Å². The van der Waals surface area contributed by atoms with E-state index in [4.69, 9.17) is 24.7 Å². The Morgan fingerprint density at radius 2 is 2.06 bits per heavy atom. The van der Waals surface area contributed by atoms with Gasteiger partial charge in [-0.15, -0.1) is 0 Å². The summed E-state index contributed by atoms with van der Waals surface area (Å²) in [6.45, 7) is 3.70. The zero-order valence-electron chi connectivity index (χ0n) is 19.3. The first-order valence-electron chi connectivity index (χ1n) is 11.3. The van der Waals surface area contributed by atoms with Crippen LogP contribution < -0.4 is 15.2 Å². The smallest absolute Gasteiger partial charge is 0.352 e. The molecule has 0 aromatic heterocycles. The number of nitrogens with two attached hydrogens (primary N) is 1. The molecule has 1 spiro atoms. The van der Waals surface area contributed by atoms with Crippen LogP contribution in [0.2, 0.25) is 0 Å². The molecule has 9 nitrogen and oxygen atoms in total. The van der Waals surface area contributed by atoms with Crippen LogP contribution in [0.15, 0.2) is 24.0 Å². The molecule has 4 aliphatic rings. The SMILES string of the molecule is COc1ccc2c3c1O[C@@H]1C(OC(=O)[C@H](C)OC(=O)[C@H](C)N)=CC[C@]4(O)[C@H](C2)N(C)CC[C@@]314. The fourth-order valence-electron chi connectivity index (χ4n) is 6.12. The molecule has 2 aliphatic heterocycles. The normalized spacial score (nSPS) is 33.2. The van der Waals surface area contributed by atoms with Crippen molar-refractivity contribution in [3.05, 3.63) is 35.1 Å². The molecule has 1 aromatic carbocycles. The lowest BCUT2D eigenvalue weighted by molar-refractivity contribution is -0.175. The van der Waals surface area contributed by atoms with Gasteiger partial charge in [0.25, 0.3) is 0 Å². The van der Waals surface area contributed by atoms with Crippen LogP contribution >= 0.6 is 0 Å². The molecule has 1 saturated heterocycles. The van der Waals surface area contributed by atoms with Crippen LogP contribution in [0.3, 0.4) is 0 Å². The number of hydrogen-bond acceptors (Lipinski definition) is 9. The van der Waals surface area contributed by atoms with Crippen molar-refractivity contribution in [2.24, 2.45) is 5.73 Å². The molecule has 3 N–H and O–H groups in total. The minimum atomic E-state index is -1.13. The molecule has 9 heteroatoms. The molecule has 0 radical (unpaired) electrons. The summed E-state index contributed by atoms with van der Waals surface area (Å²) in [6, 6.07) is 2.98. The molecule has 2 aliphatic carbocycles. The number of benzene rings is 1. The Bertz CT molecular complexity index is 1050. The third-order valence-electron chi connectivity index (χ3n) is 7.77. The number of esters is 2. The first-order chi connectivity index (χ1) is 15.6. The summed E-state index contributed by atoms with van der Waals surface area (Å²) in [7, 11) is 3.61. The molecule has 1 fully saturated rings. The van der Waals surface area contributed by atoms with Crippen LogP contribution in [0.4, 0.5) is 0 Å². The number of carbonyl (C=O) groups excluding carboxylic acids is 2. The summed E-state index contributed by atoms with van der Waals surface area (Å²) < 4.78 is 22.9. The molecule has 2 heterocycles. The Morgan fingerprint density at radius 3 is 2.76 bits per heavy atom. The van der Waals surface area contributed by atoms with Crippen molar-refractivity contribution >= 4 is 11.9 Å². The highest BCUT2D eigenvalue weighted by molar-refractivity contribution is 5.82. The van der Waals surface area contributed by atoms with E-state index in [1.54, 1.807) is 13.2 Å². The van der Waals surface area contributed by atoms with E-state index in [0.29, 0.717) is 36.5 Å². The molecule has 0 amide bonds. The molecule has 2 bridgehead atoms. The van der Waals surface area contributed by atoms with Crippen molar-refractivity contribution in [1.29, 1.82) is 0 Å². The van der Waals surface area contributed by atoms with E-state index in [2.05, 4.69) is 4.90 Å². The third kappa shape index (κ3) is 2.88. The van der Waals surface area contributed by atoms with Crippen molar-refractivity contribution in [2.45, 2.75) is 68.4 Å². The van der Waals surface area contributed by atoms with Gasteiger partial charge in [-0.2, -0.15) is 0 Å². The Balaban J connectivity index is 1.54. The van der Waals surface area contributed by atoms with E-state index < -0.39 is 41.2 Å². The first kappa shape index (κ1) is 22.2. The Labute approximate surface area is 192 Å². The minimum Gasteiger partial charge on any atom is -0.493 e. The van der Waals surface area contributed by atoms with Crippen LogP contribution in [0.5, 0.6) is 11.5 Å². The summed E-state index contributed by atoms with van der Waals surface area (Å²) in [5, 5.41) is 12.2. The minimum absolute atomic E-state index is 0.0939. The summed E-state index contributed by atoms with van der Waals surface area (Å²) in [6.07, 6.45) is 1.56. The summed E-state index contributed by atoms with van der Waals surface area (Å²) in [4.78, 5) is 26.8. The van der Waals surface area contributed by atoms with Crippen LogP contribution in [0.25, 0.3) is 0 Å². The van der Waals surface area contributed by atoms with Crippen LogP contribution in [0, 0.1) is 0 Å². The maximum atomic E-state index is 12.8. The molecule has 0 saturated carbocycles. The van der Waals surface area contributed by atoms with Gasteiger partial charge in [-0.1, -0.05) is 6.07 Å². The lowest BCUT2D eigenvalue weighted by Gasteiger charge is -2.61. The highest BCUT2D eigenvalue weighted by Gasteiger charge is 2.72. The lowest BCUT2D eigenvalue weighted by atomic mass is 9.50. The Morgan fingerprint density at radius 1 is 1.30 bits per heavy atom. The van der Waals surface area contributed by atoms with E-state index in [1.165, 1.54) is 13.8 Å². The van der Waals surface area contributed by atoms with Gasteiger partial charge in [0.1, 0.15) is 11.8 Å². The van der Waals surface area contributed by atoms with Gasteiger partial charge < -0.3 is 34.7 Å². The topological polar surface area (TPSA) is 121 Å².